The Morgan fingerprint density at radius 1 is 1.03 bits per heavy atom. The van der Waals surface area contributed by atoms with Crippen LogP contribution in [0.1, 0.15) is 49.8 Å². The summed E-state index contributed by atoms with van der Waals surface area (Å²) in [5.41, 5.74) is 5.14. The molecule has 0 bridgehead atoms. The van der Waals surface area contributed by atoms with Gasteiger partial charge in [0.1, 0.15) is 11.8 Å². The Hall–Kier alpha value is -4.17. The van der Waals surface area contributed by atoms with Crippen molar-refractivity contribution >= 4 is 34.6 Å². The second-order valence-corrected chi connectivity index (χ2v) is 11.1. The Morgan fingerprint density at radius 3 is 2.54 bits per heavy atom. The van der Waals surface area contributed by atoms with Crippen LogP contribution in [-0.4, -0.2) is 27.7 Å². The van der Waals surface area contributed by atoms with Crippen molar-refractivity contribution < 1.29 is 9.53 Å². The maximum absolute atomic E-state index is 12.7. The number of aromatic nitrogens is 2. The summed E-state index contributed by atoms with van der Waals surface area (Å²) in [6.07, 6.45) is 3.87. The van der Waals surface area contributed by atoms with E-state index >= 15 is 0 Å². The summed E-state index contributed by atoms with van der Waals surface area (Å²) in [5.74, 6) is 0.470. The Morgan fingerprint density at radius 2 is 1.85 bits per heavy atom. The quantitative estimate of drug-likeness (QED) is 0.278. The summed E-state index contributed by atoms with van der Waals surface area (Å²) in [5, 5.41) is 7.10. The number of pyridine rings is 1. The molecule has 7 nitrogen and oxygen atoms in total. The van der Waals surface area contributed by atoms with E-state index in [9.17, 15) is 4.79 Å². The number of aryl methyl sites for hydroxylation is 1. The molecule has 2 N–H and O–H groups in total. The van der Waals surface area contributed by atoms with Gasteiger partial charge in [-0.1, -0.05) is 39.0 Å². The predicted molar refractivity (Wildman–Crippen MR) is 160 cm³/mol. The molecule has 1 fully saturated rings. The monoisotopic (exact) mass is 539 g/mol. The molecule has 0 saturated carbocycles. The molecule has 1 aliphatic rings. The lowest BCUT2D eigenvalue weighted by Crippen LogP contribution is -2.30. The van der Waals surface area contributed by atoms with Crippen LogP contribution in [0.4, 0.5) is 11.4 Å². The van der Waals surface area contributed by atoms with Crippen LogP contribution >= 0.6 is 12.2 Å². The van der Waals surface area contributed by atoms with Gasteiger partial charge in [-0.05, 0) is 73.2 Å². The minimum absolute atomic E-state index is 0.0871. The molecule has 3 heterocycles. The fraction of sp³-hybridized carbons (Fsp3) is 0.258. The van der Waals surface area contributed by atoms with Gasteiger partial charge >= 0.3 is 0 Å². The number of hydrogen-bond donors (Lipinski definition) is 2. The second kappa shape index (κ2) is 10.5. The van der Waals surface area contributed by atoms with E-state index in [2.05, 4.69) is 74.6 Å². The van der Waals surface area contributed by atoms with E-state index in [4.69, 9.17) is 17.0 Å². The molecule has 4 aromatic rings. The van der Waals surface area contributed by atoms with Gasteiger partial charge in [0.05, 0.1) is 24.5 Å². The molecule has 1 amide bonds. The SMILES string of the molecule is COc1cc(N2C(=S)N[C@H](c3ccccn3)[C@@H]2c2cccn2-c2cccc(C)c2)ccc1NC(=O)C(C)(C)C. The molecule has 2 aromatic carbocycles. The summed E-state index contributed by atoms with van der Waals surface area (Å²) in [6, 6.07) is 23.9. The van der Waals surface area contributed by atoms with E-state index in [0.29, 0.717) is 16.5 Å². The number of ether oxygens (including phenoxy) is 1. The molecule has 0 unspecified atom stereocenters. The molecule has 0 radical (unpaired) electrons. The van der Waals surface area contributed by atoms with Crippen molar-refractivity contribution in [3.05, 3.63) is 102 Å². The highest BCUT2D eigenvalue weighted by molar-refractivity contribution is 7.80. The smallest absolute Gasteiger partial charge is 0.229 e. The molecule has 0 aliphatic carbocycles. The molecule has 0 spiro atoms. The zero-order valence-corrected chi connectivity index (χ0v) is 23.6. The molecule has 1 aliphatic heterocycles. The van der Waals surface area contributed by atoms with Gasteiger partial charge in [-0.15, -0.1) is 0 Å². The van der Waals surface area contributed by atoms with E-state index in [1.54, 1.807) is 13.3 Å². The van der Waals surface area contributed by atoms with Crippen LogP contribution in [0, 0.1) is 12.3 Å². The number of anilines is 2. The van der Waals surface area contributed by atoms with E-state index < -0.39 is 5.41 Å². The first-order valence-corrected chi connectivity index (χ1v) is 13.3. The van der Waals surface area contributed by atoms with Gasteiger partial charge in [0.15, 0.2) is 5.11 Å². The van der Waals surface area contributed by atoms with E-state index in [1.165, 1.54) is 5.56 Å². The van der Waals surface area contributed by atoms with Crippen LogP contribution in [0.3, 0.4) is 0 Å². The average molecular weight is 540 g/mol. The molecule has 2 atom stereocenters. The highest BCUT2D eigenvalue weighted by Crippen LogP contribution is 2.44. The van der Waals surface area contributed by atoms with Gasteiger partial charge in [0.2, 0.25) is 5.91 Å². The van der Waals surface area contributed by atoms with Gasteiger partial charge in [0, 0.05) is 40.9 Å². The number of nitrogens with zero attached hydrogens (tertiary/aromatic N) is 3. The third-order valence-electron chi connectivity index (χ3n) is 6.85. The lowest BCUT2D eigenvalue weighted by atomic mass is 9.95. The van der Waals surface area contributed by atoms with Crippen molar-refractivity contribution in [3.8, 4) is 11.4 Å². The number of rotatable bonds is 6. The lowest BCUT2D eigenvalue weighted by Gasteiger charge is -2.29. The maximum Gasteiger partial charge on any atom is 0.229 e. The number of nitrogens with one attached hydrogen (secondary N) is 2. The van der Waals surface area contributed by atoms with Crippen LogP contribution < -0.4 is 20.3 Å². The van der Waals surface area contributed by atoms with Gasteiger partial charge in [0.25, 0.3) is 0 Å². The standard InChI is InChI=1S/C31H33N5O2S/c1-20-10-8-11-21(18-20)35-17-9-13-25(35)28-27(24-12-6-7-16-32-24)34-30(39)36(28)22-14-15-23(26(19-22)38-5)33-29(37)31(2,3)4/h6-19,27-28H,1-5H3,(H,33,37)(H,34,39)/t27-,28+/m1/s1. The minimum Gasteiger partial charge on any atom is -0.494 e. The van der Waals surface area contributed by atoms with Crippen molar-refractivity contribution in [2.75, 3.05) is 17.3 Å². The fourth-order valence-electron chi connectivity index (χ4n) is 4.82. The number of hydrogen-bond acceptors (Lipinski definition) is 4. The zero-order chi connectivity index (χ0) is 27.7. The number of methoxy groups -OCH3 is 1. The van der Waals surface area contributed by atoms with E-state index in [-0.39, 0.29) is 18.0 Å². The highest BCUT2D eigenvalue weighted by atomic mass is 32.1. The summed E-state index contributed by atoms with van der Waals surface area (Å²) in [4.78, 5) is 19.5. The summed E-state index contributed by atoms with van der Waals surface area (Å²) in [6.45, 7) is 7.73. The fourth-order valence-corrected chi connectivity index (χ4v) is 5.17. The van der Waals surface area contributed by atoms with E-state index in [1.807, 2.05) is 57.2 Å². The number of amides is 1. The molecule has 200 valence electrons. The number of carbonyl (C=O) groups excluding carboxylic acids is 1. The van der Waals surface area contributed by atoms with Crippen LogP contribution in [0.25, 0.3) is 5.69 Å². The summed E-state index contributed by atoms with van der Waals surface area (Å²) < 4.78 is 7.92. The molecule has 8 heteroatoms. The van der Waals surface area contributed by atoms with Crippen LogP contribution in [0.5, 0.6) is 5.75 Å². The highest BCUT2D eigenvalue weighted by Gasteiger charge is 2.42. The van der Waals surface area contributed by atoms with Gasteiger partial charge < -0.3 is 24.8 Å². The number of thiocarbonyl (C=S) groups is 1. The molecule has 39 heavy (non-hydrogen) atoms. The number of carbonyl (C=O) groups is 1. The van der Waals surface area contributed by atoms with Crippen molar-refractivity contribution in [1.29, 1.82) is 0 Å². The third-order valence-corrected chi connectivity index (χ3v) is 7.17. The van der Waals surface area contributed by atoms with Crippen LogP contribution in [0.2, 0.25) is 0 Å². The lowest BCUT2D eigenvalue weighted by molar-refractivity contribution is -0.123. The summed E-state index contributed by atoms with van der Waals surface area (Å²) in [7, 11) is 1.60. The Bertz CT molecular complexity index is 1510. The normalized spacial score (nSPS) is 17.2. The third kappa shape index (κ3) is 5.25. The summed E-state index contributed by atoms with van der Waals surface area (Å²) >= 11 is 5.93. The molecule has 2 aromatic heterocycles. The van der Waals surface area contributed by atoms with Gasteiger partial charge in [-0.2, -0.15) is 0 Å². The Balaban J connectivity index is 1.61. The molecular weight excluding hydrogens is 506 g/mol. The predicted octanol–water partition coefficient (Wildman–Crippen LogP) is 6.35. The van der Waals surface area contributed by atoms with Crippen LogP contribution in [-0.2, 0) is 4.79 Å². The first-order chi connectivity index (χ1) is 18.7. The molecule has 5 rings (SSSR count). The zero-order valence-electron chi connectivity index (χ0n) is 22.8. The van der Waals surface area contributed by atoms with Gasteiger partial charge in [-0.3, -0.25) is 9.78 Å². The topological polar surface area (TPSA) is 71.4 Å². The maximum atomic E-state index is 12.7. The Kier molecular flexibility index (Phi) is 7.14. The first-order valence-electron chi connectivity index (χ1n) is 12.9. The average Bonchev–Trinajstić information content (AvgIpc) is 3.53. The molecular formula is C31H33N5O2S. The first kappa shape index (κ1) is 26.4. The van der Waals surface area contributed by atoms with Crippen molar-refractivity contribution in [3.63, 3.8) is 0 Å². The largest absolute Gasteiger partial charge is 0.494 e. The second-order valence-electron chi connectivity index (χ2n) is 10.7. The van der Waals surface area contributed by atoms with Crippen molar-refractivity contribution in [2.24, 2.45) is 5.41 Å². The molecule has 1 saturated heterocycles. The van der Waals surface area contributed by atoms with E-state index in [0.717, 1.165) is 22.8 Å². The minimum atomic E-state index is -0.535. The number of benzene rings is 2. The van der Waals surface area contributed by atoms with Crippen molar-refractivity contribution in [1.82, 2.24) is 14.9 Å². The Labute approximate surface area is 234 Å². The van der Waals surface area contributed by atoms with Crippen LogP contribution in [0.15, 0.2) is 85.2 Å². The van der Waals surface area contributed by atoms with Crippen molar-refractivity contribution in [2.45, 2.75) is 39.8 Å². The van der Waals surface area contributed by atoms with Gasteiger partial charge in [-0.25, -0.2) is 0 Å².